The third kappa shape index (κ3) is 3.26. The highest BCUT2D eigenvalue weighted by atomic mass is 16.5. The van der Waals surface area contributed by atoms with Crippen LogP contribution in [0.25, 0.3) is 0 Å². The van der Waals surface area contributed by atoms with Crippen LogP contribution in [0.2, 0.25) is 0 Å². The van der Waals surface area contributed by atoms with E-state index >= 15 is 0 Å². The van der Waals surface area contributed by atoms with Gasteiger partial charge in [-0.2, -0.15) is 0 Å². The SMILES string of the molecule is COc1cccc(C(=O)N2CCCC2CCCN)c1. The Balaban J connectivity index is 2.09. The van der Waals surface area contributed by atoms with Crippen molar-refractivity contribution in [1.29, 1.82) is 0 Å². The predicted molar refractivity (Wildman–Crippen MR) is 75.3 cm³/mol. The summed E-state index contributed by atoms with van der Waals surface area (Å²) in [6, 6.07) is 7.72. The molecule has 0 spiro atoms. The summed E-state index contributed by atoms with van der Waals surface area (Å²) in [5.74, 6) is 0.835. The summed E-state index contributed by atoms with van der Waals surface area (Å²) >= 11 is 0. The second kappa shape index (κ2) is 6.57. The quantitative estimate of drug-likeness (QED) is 0.883. The highest BCUT2D eigenvalue weighted by Crippen LogP contribution is 2.24. The van der Waals surface area contributed by atoms with Gasteiger partial charge in [-0.05, 0) is 50.4 Å². The maximum atomic E-state index is 12.5. The van der Waals surface area contributed by atoms with Crippen LogP contribution in [0, 0.1) is 0 Å². The van der Waals surface area contributed by atoms with E-state index in [4.69, 9.17) is 10.5 Å². The van der Waals surface area contributed by atoms with Gasteiger partial charge in [-0.15, -0.1) is 0 Å². The van der Waals surface area contributed by atoms with E-state index in [0.29, 0.717) is 18.2 Å². The van der Waals surface area contributed by atoms with Gasteiger partial charge in [0.05, 0.1) is 7.11 Å². The molecule has 0 saturated carbocycles. The standard InChI is InChI=1S/C15H22N2O2/c1-19-14-8-2-5-12(11-14)15(18)17-10-4-7-13(17)6-3-9-16/h2,5,8,11,13H,3-4,6-7,9-10,16H2,1H3. The maximum absolute atomic E-state index is 12.5. The smallest absolute Gasteiger partial charge is 0.254 e. The van der Waals surface area contributed by atoms with E-state index in [0.717, 1.165) is 38.0 Å². The molecule has 1 unspecified atom stereocenters. The number of nitrogens with two attached hydrogens (primary N) is 1. The van der Waals surface area contributed by atoms with Crippen molar-refractivity contribution in [1.82, 2.24) is 4.90 Å². The average Bonchev–Trinajstić information content (AvgIpc) is 2.92. The van der Waals surface area contributed by atoms with Crippen molar-refractivity contribution in [3.8, 4) is 5.75 Å². The number of rotatable bonds is 5. The Morgan fingerprint density at radius 1 is 1.53 bits per heavy atom. The van der Waals surface area contributed by atoms with E-state index in [1.54, 1.807) is 13.2 Å². The number of methoxy groups -OCH3 is 1. The van der Waals surface area contributed by atoms with Gasteiger partial charge in [0.25, 0.3) is 5.91 Å². The summed E-state index contributed by atoms with van der Waals surface area (Å²) in [6.07, 6.45) is 4.17. The normalized spacial score (nSPS) is 18.6. The molecule has 2 N–H and O–H groups in total. The molecule has 1 saturated heterocycles. The van der Waals surface area contributed by atoms with Gasteiger partial charge < -0.3 is 15.4 Å². The number of benzene rings is 1. The molecule has 0 radical (unpaired) electrons. The minimum atomic E-state index is 0.110. The Labute approximate surface area is 114 Å². The van der Waals surface area contributed by atoms with E-state index in [2.05, 4.69) is 0 Å². The number of carbonyl (C=O) groups excluding carboxylic acids is 1. The van der Waals surface area contributed by atoms with Crippen molar-refractivity contribution in [2.24, 2.45) is 5.73 Å². The lowest BCUT2D eigenvalue weighted by Crippen LogP contribution is -2.35. The van der Waals surface area contributed by atoms with Crippen molar-refractivity contribution in [3.05, 3.63) is 29.8 Å². The van der Waals surface area contributed by atoms with Crippen molar-refractivity contribution < 1.29 is 9.53 Å². The molecule has 104 valence electrons. The molecule has 0 bridgehead atoms. The van der Waals surface area contributed by atoms with Gasteiger partial charge in [0, 0.05) is 18.2 Å². The molecule has 0 aliphatic carbocycles. The molecule has 1 aromatic rings. The van der Waals surface area contributed by atoms with Crippen molar-refractivity contribution in [2.45, 2.75) is 31.7 Å². The van der Waals surface area contributed by atoms with Crippen LogP contribution < -0.4 is 10.5 Å². The minimum Gasteiger partial charge on any atom is -0.497 e. The summed E-state index contributed by atoms with van der Waals surface area (Å²) < 4.78 is 5.17. The van der Waals surface area contributed by atoms with Crippen LogP contribution in [0.4, 0.5) is 0 Å². The van der Waals surface area contributed by atoms with Crippen molar-refractivity contribution in [2.75, 3.05) is 20.2 Å². The number of nitrogens with zero attached hydrogens (tertiary/aromatic N) is 1. The van der Waals surface area contributed by atoms with Gasteiger partial charge in [-0.25, -0.2) is 0 Å². The van der Waals surface area contributed by atoms with Crippen molar-refractivity contribution >= 4 is 5.91 Å². The summed E-state index contributed by atoms with van der Waals surface area (Å²) in [4.78, 5) is 14.5. The fraction of sp³-hybridized carbons (Fsp3) is 0.533. The van der Waals surface area contributed by atoms with Crippen molar-refractivity contribution in [3.63, 3.8) is 0 Å². The van der Waals surface area contributed by atoms with E-state index in [1.807, 2.05) is 23.1 Å². The molecular formula is C15H22N2O2. The molecular weight excluding hydrogens is 240 g/mol. The lowest BCUT2D eigenvalue weighted by Gasteiger charge is -2.24. The van der Waals surface area contributed by atoms with Crippen LogP contribution in [0.15, 0.2) is 24.3 Å². The highest BCUT2D eigenvalue weighted by Gasteiger charge is 2.28. The first-order valence-corrected chi connectivity index (χ1v) is 6.91. The van der Waals surface area contributed by atoms with E-state index in [1.165, 1.54) is 0 Å². The van der Waals surface area contributed by atoms with Gasteiger partial charge in [-0.3, -0.25) is 4.79 Å². The van der Waals surface area contributed by atoms with Gasteiger partial charge >= 0.3 is 0 Å². The van der Waals surface area contributed by atoms with E-state index in [9.17, 15) is 4.79 Å². The van der Waals surface area contributed by atoms with Crippen LogP contribution in [0.5, 0.6) is 5.75 Å². The predicted octanol–water partition coefficient (Wildman–Crippen LogP) is 2.04. The Bertz CT molecular complexity index is 434. The number of ether oxygens (including phenoxy) is 1. The second-order valence-electron chi connectivity index (χ2n) is 4.96. The molecule has 4 nitrogen and oxygen atoms in total. The van der Waals surface area contributed by atoms with Gasteiger partial charge in [-0.1, -0.05) is 6.07 Å². The first kappa shape index (κ1) is 13.9. The van der Waals surface area contributed by atoms with Crippen LogP contribution >= 0.6 is 0 Å². The summed E-state index contributed by atoms with van der Waals surface area (Å²) in [7, 11) is 1.61. The average molecular weight is 262 g/mol. The summed E-state index contributed by atoms with van der Waals surface area (Å²) in [5, 5.41) is 0. The zero-order valence-electron chi connectivity index (χ0n) is 11.5. The molecule has 4 heteroatoms. The molecule has 1 aliphatic heterocycles. The first-order valence-electron chi connectivity index (χ1n) is 6.91. The first-order chi connectivity index (χ1) is 9.26. The van der Waals surface area contributed by atoms with Gasteiger partial charge in [0.2, 0.25) is 0 Å². The molecule has 1 amide bonds. The monoisotopic (exact) mass is 262 g/mol. The lowest BCUT2D eigenvalue weighted by molar-refractivity contribution is 0.0729. The Hall–Kier alpha value is -1.55. The van der Waals surface area contributed by atoms with Crippen LogP contribution in [0.1, 0.15) is 36.0 Å². The van der Waals surface area contributed by atoms with Gasteiger partial charge in [0.15, 0.2) is 0 Å². The molecule has 1 aromatic carbocycles. The maximum Gasteiger partial charge on any atom is 0.254 e. The fourth-order valence-electron chi connectivity index (χ4n) is 2.68. The Morgan fingerprint density at radius 2 is 2.37 bits per heavy atom. The number of carbonyl (C=O) groups is 1. The fourth-order valence-corrected chi connectivity index (χ4v) is 2.68. The molecule has 19 heavy (non-hydrogen) atoms. The van der Waals surface area contributed by atoms with Crippen LogP contribution in [-0.2, 0) is 0 Å². The highest BCUT2D eigenvalue weighted by molar-refractivity contribution is 5.95. The topological polar surface area (TPSA) is 55.6 Å². The number of hydrogen-bond acceptors (Lipinski definition) is 3. The Kier molecular flexibility index (Phi) is 4.80. The second-order valence-corrected chi connectivity index (χ2v) is 4.96. The zero-order chi connectivity index (χ0) is 13.7. The largest absolute Gasteiger partial charge is 0.497 e. The molecule has 1 atom stereocenters. The minimum absolute atomic E-state index is 0.110. The molecule has 1 heterocycles. The molecule has 1 aliphatic rings. The third-order valence-corrected chi connectivity index (χ3v) is 3.70. The number of hydrogen-bond donors (Lipinski definition) is 1. The molecule has 1 fully saturated rings. The lowest BCUT2D eigenvalue weighted by atomic mass is 10.1. The number of likely N-dealkylation sites (tertiary alicyclic amines) is 1. The Morgan fingerprint density at radius 3 is 3.11 bits per heavy atom. The van der Waals surface area contributed by atoms with Crippen LogP contribution in [0.3, 0.4) is 0 Å². The summed E-state index contributed by atoms with van der Waals surface area (Å²) in [6.45, 7) is 1.54. The van der Waals surface area contributed by atoms with E-state index < -0.39 is 0 Å². The summed E-state index contributed by atoms with van der Waals surface area (Å²) in [5.41, 5.74) is 6.26. The molecule has 0 aromatic heterocycles. The van der Waals surface area contributed by atoms with Gasteiger partial charge in [0.1, 0.15) is 5.75 Å². The third-order valence-electron chi connectivity index (χ3n) is 3.70. The number of amides is 1. The van der Waals surface area contributed by atoms with Crippen LogP contribution in [-0.4, -0.2) is 37.0 Å². The molecule has 2 rings (SSSR count). The van der Waals surface area contributed by atoms with E-state index in [-0.39, 0.29) is 5.91 Å². The zero-order valence-corrected chi connectivity index (χ0v) is 11.5.